The second-order valence-electron chi connectivity index (χ2n) is 6.20. The van der Waals surface area contributed by atoms with Gasteiger partial charge in [0.05, 0.1) is 39.0 Å². The molecule has 0 aliphatic rings. The molecule has 0 unspecified atom stereocenters. The van der Waals surface area contributed by atoms with Crippen molar-refractivity contribution >= 4 is 35.5 Å². The van der Waals surface area contributed by atoms with E-state index in [4.69, 9.17) is 20.1 Å². The fraction of sp³-hybridized carbons (Fsp3) is 0.200. The number of nitrogens with zero attached hydrogens (tertiary/aromatic N) is 4. The molecule has 168 valence electrons. The molecule has 0 fully saturated rings. The van der Waals surface area contributed by atoms with Crippen LogP contribution in [0, 0.1) is 0 Å². The van der Waals surface area contributed by atoms with Crippen molar-refractivity contribution in [2.45, 2.75) is 5.16 Å². The molecule has 0 atom stereocenters. The summed E-state index contributed by atoms with van der Waals surface area (Å²) < 4.78 is 16.9. The number of para-hydroxylation sites is 2. The maximum atomic E-state index is 12.3. The minimum atomic E-state index is -0.233. The molecule has 11 nitrogen and oxygen atoms in total. The fourth-order valence-electron chi connectivity index (χ4n) is 2.61. The van der Waals surface area contributed by atoms with Crippen LogP contribution in [0.25, 0.3) is 0 Å². The topological polar surface area (TPSA) is 138 Å². The molecule has 0 saturated heterocycles. The van der Waals surface area contributed by atoms with E-state index in [9.17, 15) is 4.79 Å². The summed E-state index contributed by atoms with van der Waals surface area (Å²) in [5.74, 6) is 7.85. The smallest absolute Gasteiger partial charge is 0.264 e. The predicted octanol–water partition coefficient (Wildman–Crippen LogP) is 2.19. The molecule has 0 saturated carbocycles. The number of hydrogen-bond donors (Lipinski definition) is 3. The van der Waals surface area contributed by atoms with Crippen molar-refractivity contribution in [3.05, 3.63) is 48.0 Å². The number of nitrogens with two attached hydrogens (primary N) is 1. The second-order valence-corrected chi connectivity index (χ2v) is 7.14. The summed E-state index contributed by atoms with van der Waals surface area (Å²) in [5.41, 5.74) is 4.09. The van der Waals surface area contributed by atoms with Crippen LogP contribution in [0.4, 0.5) is 11.6 Å². The van der Waals surface area contributed by atoms with Crippen LogP contribution in [0.5, 0.6) is 17.2 Å². The number of aromatic nitrogens is 3. The van der Waals surface area contributed by atoms with E-state index < -0.39 is 0 Å². The van der Waals surface area contributed by atoms with E-state index in [1.165, 1.54) is 4.68 Å². The third kappa shape index (κ3) is 5.60. The van der Waals surface area contributed by atoms with Crippen LogP contribution in [0.1, 0.15) is 5.56 Å². The minimum Gasteiger partial charge on any atom is -0.495 e. The van der Waals surface area contributed by atoms with Gasteiger partial charge in [-0.1, -0.05) is 23.9 Å². The van der Waals surface area contributed by atoms with Gasteiger partial charge in [0.25, 0.3) is 5.95 Å². The van der Waals surface area contributed by atoms with Gasteiger partial charge in [-0.3, -0.25) is 4.79 Å². The number of carbonyl (C=O) groups is 1. The Bertz CT molecular complexity index is 1100. The highest BCUT2D eigenvalue weighted by Crippen LogP contribution is 2.27. The van der Waals surface area contributed by atoms with Crippen LogP contribution in [0.2, 0.25) is 0 Å². The number of nitrogen functional groups attached to an aromatic ring is 1. The average molecular weight is 458 g/mol. The molecule has 3 aromatic rings. The van der Waals surface area contributed by atoms with Crippen LogP contribution in [0.15, 0.2) is 52.7 Å². The lowest BCUT2D eigenvalue weighted by Crippen LogP contribution is -2.17. The van der Waals surface area contributed by atoms with Crippen molar-refractivity contribution < 1.29 is 19.0 Å². The quantitative estimate of drug-likeness (QED) is 0.181. The summed E-state index contributed by atoms with van der Waals surface area (Å²) in [6, 6.07) is 12.5. The number of hydrogen-bond acceptors (Lipinski definition) is 10. The Labute approximate surface area is 188 Å². The van der Waals surface area contributed by atoms with E-state index in [-0.39, 0.29) is 17.6 Å². The first-order valence-corrected chi connectivity index (χ1v) is 10.3. The summed E-state index contributed by atoms with van der Waals surface area (Å²) in [6.45, 7) is 0. The van der Waals surface area contributed by atoms with Gasteiger partial charge in [0, 0.05) is 0 Å². The SMILES string of the molecule is COc1ccccc1NC(=O)CSc1nnc(N/N=C/c2ccc(OC)c(OC)c2)n1N. The highest BCUT2D eigenvalue weighted by atomic mass is 32.2. The largest absolute Gasteiger partial charge is 0.495 e. The number of anilines is 2. The number of methoxy groups -OCH3 is 3. The highest BCUT2D eigenvalue weighted by molar-refractivity contribution is 7.99. The molecule has 32 heavy (non-hydrogen) atoms. The molecule has 1 amide bonds. The van der Waals surface area contributed by atoms with Crippen molar-refractivity contribution in [1.29, 1.82) is 0 Å². The minimum absolute atomic E-state index is 0.0856. The van der Waals surface area contributed by atoms with E-state index >= 15 is 0 Å². The van der Waals surface area contributed by atoms with Crippen molar-refractivity contribution in [3.63, 3.8) is 0 Å². The summed E-state index contributed by atoms with van der Waals surface area (Å²) in [5, 5.41) is 15.2. The first-order valence-electron chi connectivity index (χ1n) is 9.33. The fourth-order valence-corrected chi connectivity index (χ4v) is 3.27. The molecule has 4 N–H and O–H groups in total. The van der Waals surface area contributed by atoms with E-state index in [0.29, 0.717) is 28.1 Å². The van der Waals surface area contributed by atoms with E-state index in [2.05, 4.69) is 26.0 Å². The molecule has 1 aromatic heterocycles. The summed E-state index contributed by atoms with van der Waals surface area (Å²) >= 11 is 1.14. The van der Waals surface area contributed by atoms with Gasteiger partial charge in [0.2, 0.25) is 11.1 Å². The molecule has 12 heteroatoms. The van der Waals surface area contributed by atoms with Gasteiger partial charge in [-0.05, 0) is 35.9 Å². The average Bonchev–Trinajstić information content (AvgIpc) is 3.17. The standard InChI is InChI=1S/C20H23N7O4S/c1-29-15-7-5-4-6-14(15)23-18(28)12-32-20-26-25-19(27(20)21)24-22-11-13-8-9-16(30-2)17(10-13)31-3/h4-11H,12,21H2,1-3H3,(H,23,28)(H,24,25)/b22-11+. The highest BCUT2D eigenvalue weighted by Gasteiger charge is 2.13. The Morgan fingerprint density at radius 3 is 2.59 bits per heavy atom. The lowest BCUT2D eigenvalue weighted by Gasteiger charge is -2.09. The number of carbonyl (C=O) groups excluding carboxylic acids is 1. The number of thioether (sulfide) groups is 1. The molecule has 2 aromatic carbocycles. The molecule has 0 spiro atoms. The summed E-state index contributed by atoms with van der Waals surface area (Å²) in [7, 11) is 4.67. The number of amides is 1. The van der Waals surface area contributed by atoms with E-state index in [1.807, 2.05) is 18.2 Å². The van der Waals surface area contributed by atoms with Crippen LogP contribution < -0.4 is 30.8 Å². The first kappa shape index (κ1) is 22.7. The molecule has 0 bridgehead atoms. The van der Waals surface area contributed by atoms with Gasteiger partial charge < -0.3 is 25.4 Å². The first-order chi connectivity index (χ1) is 15.5. The van der Waals surface area contributed by atoms with Crippen molar-refractivity contribution in [1.82, 2.24) is 14.9 Å². The zero-order valence-electron chi connectivity index (χ0n) is 17.7. The van der Waals surface area contributed by atoms with E-state index in [1.54, 1.807) is 51.8 Å². The Kier molecular flexibility index (Phi) is 7.75. The molecule has 1 heterocycles. The Morgan fingerprint density at radius 1 is 1.09 bits per heavy atom. The van der Waals surface area contributed by atoms with Gasteiger partial charge in [-0.15, -0.1) is 10.2 Å². The third-order valence-corrected chi connectivity index (χ3v) is 5.11. The van der Waals surface area contributed by atoms with Gasteiger partial charge >= 0.3 is 0 Å². The number of benzene rings is 2. The Balaban J connectivity index is 1.56. The Morgan fingerprint density at radius 2 is 1.84 bits per heavy atom. The lowest BCUT2D eigenvalue weighted by atomic mass is 10.2. The summed E-state index contributed by atoms with van der Waals surface area (Å²) in [4.78, 5) is 12.3. The van der Waals surface area contributed by atoms with Crippen molar-refractivity contribution in [2.75, 3.05) is 43.7 Å². The molecule has 0 aliphatic carbocycles. The van der Waals surface area contributed by atoms with Crippen LogP contribution in [-0.2, 0) is 4.79 Å². The second kappa shape index (κ2) is 10.9. The van der Waals surface area contributed by atoms with Crippen molar-refractivity contribution in [3.8, 4) is 17.2 Å². The monoisotopic (exact) mass is 457 g/mol. The van der Waals surface area contributed by atoms with E-state index in [0.717, 1.165) is 17.3 Å². The normalized spacial score (nSPS) is 10.7. The molecular weight excluding hydrogens is 434 g/mol. The number of rotatable bonds is 10. The maximum absolute atomic E-state index is 12.3. The zero-order chi connectivity index (χ0) is 22.9. The molecular formula is C20H23N7O4S. The predicted molar refractivity (Wildman–Crippen MR) is 123 cm³/mol. The number of nitrogens with one attached hydrogen (secondary N) is 2. The molecule has 3 rings (SSSR count). The summed E-state index contributed by atoms with van der Waals surface area (Å²) in [6.07, 6.45) is 1.57. The lowest BCUT2D eigenvalue weighted by molar-refractivity contribution is -0.113. The van der Waals surface area contributed by atoms with Gasteiger partial charge in [0.15, 0.2) is 11.5 Å². The van der Waals surface area contributed by atoms with Crippen LogP contribution in [0.3, 0.4) is 0 Å². The third-order valence-electron chi connectivity index (χ3n) is 4.16. The number of ether oxygens (including phenoxy) is 3. The zero-order valence-corrected chi connectivity index (χ0v) is 18.5. The van der Waals surface area contributed by atoms with Crippen LogP contribution in [-0.4, -0.2) is 54.1 Å². The van der Waals surface area contributed by atoms with Crippen LogP contribution >= 0.6 is 11.8 Å². The van der Waals surface area contributed by atoms with Gasteiger partial charge in [-0.2, -0.15) is 5.10 Å². The van der Waals surface area contributed by atoms with Gasteiger partial charge in [-0.25, -0.2) is 10.1 Å². The van der Waals surface area contributed by atoms with Crippen molar-refractivity contribution in [2.24, 2.45) is 5.10 Å². The maximum Gasteiger partial charge on any atom is 0.264 e. The molecule has 0 radical (unpaired) electrons. The van der Waals surface area contributed by atoms with Gasteiger partial charge in [0.1, 0.15) is 5.75 Å². The Hall–Kier alpha value is -3.93. The molecule has 0 aliphatic heterocycles. The number of hydrazone groups is 1.